The number of hydrogen-bond acceptors (Lipinski definition) is 3. The second-order valence-corrected chi connectivity index (χ2v) is 7.62. The monoisotopic (exact) mass is 327 g/mol. The highest BCUT2D eigenvalue weighted by Gasteiger charge is 2.38. The Bertz CT molecular complexity index is 561. The van der Waals surface area contributed by atoms with Crippen molar-refractivity contribution in [3.05, 3.63) is 35.9 Å². The zero-order chi connectivity index (χ0) is 16.4. The van der Waals surface area contributed by atoms with Crippen molar-refractivity contribution >= 4 is 5.91 Å². The fourth-order valence-corrected chi connectivity index (χ4v) is 4.82. The van der Waals surface area contributed by atoms with Crippen molar-refractivity contribution in [3.8, 4) is 0 Å². The van der Waals surface area contributed by atoms with Crippen molar-refractivity contribution in [2.24, 2.45) is 0 Å². The van der Waals surface area contributed by atoms with Crippen LogP contribution in [0.2, 0.25) is 0 Å². The van der Waals surface area contributed by atoms with Crippen molar-refractivity contribution in [3.63, 3.8) is 0 Å². The van der Waals surface area contributed by atoms with Crippen LogP contribution in [0.25, 0.3) is 0 Å². The van der Waals surface area contributed by atoms with Crippen LogP contribution in [0.4, 0.5) is 0 Å². The largest absolute Gasteiger partial charge is 0.350 e. The van der Waals surface area contributed by atoms with Crippen LogP contribution < -0.4 is 5.32 Å². The van der Waals surface area contributed by atoms with Crippen molar-refractivity contribution in [1.82, 2.24) is 15.1 Å². The zero-order valence-electron chi connectivity index (χ0n) is 14.5. The van der Waals surface area contributed by atoms with Gasteiger partial charge in [0.15, 0.2) is 0 Å². The van der Waals surface area contributed by atoms with Crippen LogP contribution in [0.15, 0.2) is 30.3 Å². The smallest absolute Gasteiger partial charge is 0.237 e. The predicted molar refractivity (Wildman–Crippen MR) is 95.6 cm³/mol. The van der Waals surface area contributed by atoms with Gasteiger partial charge in [-0.2, -0.15) is 0 Å². The molecule has 0 saturated carbocycles. The van der Waals surface area contributed by atoms with E-state index in [1.165, 1.54) is 31.4 Å². The summed E-state index contributed by atoms with van der Waals surface area (Å²) in [6.45, 7) is 4.31. The summed E-state index contributed by atoms with van der Waals surface area (Å²) < 4.78 is 0. The molecule has 130 valence electrons. The second kappa shape index (κ2) is 7.24. The Labute approximate surface area is 145 Å². The highest BCUT2D eigenvalue weighted by Crippen LogP contribution is 2.28. The standard InChI is InChI=1S/C20H29N3O/c24-20(21-17-11-14-22-12-5-4-9-18(17)22)19-10-6-13-23(19)15-16-7-2-1-3-8-16/h1-3,7-8,17-19H,4-6,9-15H2,(H,21,24)/t17-,18-,19-/m1/s1. The number of amides is 1. The van der Waals surface area contributed by atoms with Crippen molar-refractivity contribution in [2.75, 3.05) is 19.6 Å². The van der Waals surface area contributed by atoms with Gasteiger partial charge in [-0.3, -0.25) is 14.6 Å². The molecule has 3 heterocycles. The van der Waals surface area contributed by atoms with Gasteiger partial charge in [-0.05, 0) is 50.8 Å². The third-order valence-electron chi connectivity index (χ3n) is 6.08. The highest BCUT2D eigenvalue weighted by molar-refractivity contribution is 5.82. The molecule has 0 aliphatic carbocycles. The minimum atomic E-state index is 0.0582. The van der Waals surface area contributed by atoms with Gasteiger partial charge in [0.1, 0.15) is 0 Å². The van der Waals surface area contributed by atoms with Crippen LogP contribution >= 0.6 is 0 Å². The fraction of sp³-hybridized carbons (Fsp3) is 0.650. The van der Waals surface area contributed by atoms with Crippen LogP contribution in [-0.4, -0.2) is 53.5 Å². The molecule has 1 amide bonds. The molecule has 0 spiro atoms. The molecule has 24 heavy (non-hydrogen) atoms. The highest BCUT2D eigenvalue weighted by atomic mass is 16.2. The summed E-state index contributed by atoms with van der Waals surface area (Å²) in [5.74, 6) is 0.265. The summed E-state index contributed by atoms with van der Waals surface area (Å²) in [6, 6.07) is 11.5. The Kier molecular flexibility index (Phi) is 4.86. The molecular weight excluding hydrogens is 298 g/mol. The van der Waals surface area contributed by atoms with E-state index < -0.39 is 0 Å². The SMILES string of the molecule is O=C(N[C@@H]1CCN2CCCC[C@H]12)[C@H]1CCCN1Cc1ccccc1. The van der Waals surface area contributed by atoms with Gasteiger partial charge in [-0.15, -0.1) is 0 Å². The van der Waals surface area contributed by atoms with Gasteiger partial charge in [0.25, 0.3) is 0 Å². The van der Waals surface area contributed by atoms with Gasteiger partial charge in [0.2, 0.25) is 5.91 Å². The molecule has 1 N–H and O–H groups in total. The first-order valence-corrected chi connectivity index (χ1v) is 9.64. The summed E-state index contributed by atoms with van der Waals surface area (Å²) in [5.41, 5.74) is 1.30. The van der Waals surface area contributed by atoms with E-state index in [4.69, 9.17) is 0 Å². The first-order valence-electron chi connectivity index (χ1n) is 9.64. The van der Waals surface area contributed by atoms with Crippen molar-refractivity contribution < 1.29 is 4.79 Å². The molecule has 3 aliphatic heterocycles. The van der Waals surface area contributed by atoms with E-state index in [0.29, 0.717) is 12.1 Å². The van der Waals surface area contributed by atoms with Crippen LogP contribution in [0.3, 0.4) is 0 Å². The number of carbonyl (C=O) groups excluding carboxylic acids is 1. The number of fused-ring (bicyclic) bond motifs is 1. The molecule has 3 aliphatic rings. The number of benzene rings is 1. The lowest BCUT2D eigenvalue weighted by molar-refractivity contribution is -0.126. The molecule has 3 fully saturated rings. The van der Waals surface area contributed by atoms with E-state index >= 15 is 0 Å². The lowest BCUT2D eigenvalue weighted by atomic mass is 9.98. The average Bonchev–Trinajstić information content (AvgIpc) is 3.23. The average molecular weight is 327 g/mol. The van der Waals surface area contributed by atoms with Gasteiger partial charge in [0, 0.05) is 25.2 Å². The van der Waals surface area contributed by atoms with E-state index in [1.807, 2.05) is 6.07 Å². The molecule has 0 aromatic heterocycles. The minimum absolute atomic E-state index is 0.0582. The number of carbonyl (C=O) groups is 1. The van der Waals surface area contributed by atoms with Crippen LogP contribution in [0.1, 0.15) is 44.1 Å². The molecule has 3 saturated heterocycles. The molecule has 4 heteroatoms. The van der Waals surface area contributed by atoms with Crippen molar-refractivity contribution in [2.45, 2.75) is 63.2 Å². The molecular formula is C20H29N3O. The van der Waals surface area contributed by atoms with E-state index in [1.54, 1.807) is 0 Å². The first kappa shape index (κ1) is 16.1. The number of nitrogens with zero attached hydrogens (tertiary/aromatic N) is 2. The zero-order valence-corrected chi connectivity index (χ0v) is 14.5. The number of piperidine rings is 1. The summed E-state index contributed by atoms with van der Waals surface area (Å²) in [5, 5.41) is 3.41. The van der Waals surface area contributed by atoms with Gasteiger partial charge in [0.05, 0.1) is 6.04 Å². The Morgan fingerprint density at radius 1 is 1.00 bits per heavy atom. The Hall–Kier alpha value is -1.39. The Balaban J connectivity index is 1.36. The fourth-order valence-electron chi connectivity index (χ4n) is 4.82. The third kappa shape index (κ3) is 3.35. The van der Waals surface area contributed by atoms with Crippen LogP contribution in [-0.2, 0) is 11.3 Å². The lowest BCUT2D eigenvalue weighted by Crippen LogP contribution is -2.51. The van der Waals surface area contributed by atoms with Gasteiger partial charge in [-0.25, -0.2) is 0 Å². The van der Waals surface area contributed by atoms with Crippen LogP contribution in [0.5, 0.6) is 0 Å². The normalized spacial score (nSPS) is 31.1. The Morgan fingerprint density at radius 3 is 2.75 bits per heavy atom. The lowest BCUT2D eigenvalue weighted by Gasteiger charge is -2.33. The van der Waals surface area contributed by atoms with E-state index in [0.717, 1.165) is 38.9 Å². The van der Waals surface area contributed by atoms with E-state index in [2.05, 4.69) is 39.4 Å². The molecule has 0 radical (unpaired) electrons. The maximum absolute atomic E-state index is 12.9. The third-order valence-corrected chi connectivity index (χ3v) is 6.08. The quantitative estimate of drug-likeness (QED) is 0.922. The second-order valence-electron chi connectivity index (χ2n) is 7.62. The minimum Gasteiger partial charge on any atom is -0.350 e. The van der Waals surface area contributed by atoms with Gasteiger partial charge in [-0.1, -0.05) is 36.8 Å². The number of nitrogens with one attached hydrogen (secondary N) is 1. The summed E-state index contributed by atoms with van der Waals surface area (Å²) in [4.78, 5) is 17.9. The maximum Gasteiger partial charge on any atom is 0.237 e. The summed E-state index contributed by atoms with van der Waals surface area (Å²) in [7, 11) is 0. The molecule has 1 aromatic carbocycles. The summed E-state index contributed by atoms with van der Waals surface area (Å²) in [6.07, 6.45) is 7.15. The Morgan fingerprint density at radius 2 is 1.88 bits per heavy atom. The van der Waals surface area contributed by atoms with Crippen LogP contribution in [0, 0.1) is 0 Å². The summed E-state index contributed by atoms with van der Waals surface area (Å²) >= 11 is 0. The molecule has 3 atom stereocenters. The van der Waals surface area contributed by atoms with E-state index in [9.17, 15) is 4.79 Å². The van der Waals surface area contributed by atoms with Crippen molar-refractivity contribution in [1.29, 1.82) is 0 Å². The number of hydrogen-bond donors (Lipinski definition) is 1. The molecule has 4 rings (SSSR count). The maximum atomic E-state index is 12.9. The van der Waals surface area contributed by atoms with Gasteiger partial charge < -0.3 is 5.32 Å². The molecule has 4 nitrogen and oxygen atoms in total. The van der Waals surface area contributed by atoms with Gasteiger partial charge >= 0.3 is 0 Å². The number of likely N-dealkylation sites (tertiary alicyclic amines) is 1. The topological polar surface area (TPSA) is 35.6 Å². The van der Waals surface area contributed by atoms with E-state index in [-0.39, 0.29) is 11.9 Å². The molecule has 1 aromatic rings. The molecule has 0 bridgehead atoms. The number of rotatable bonds is 4. The predicted octanol–water partition coefficient (Wildman–Crippen LogP) is 2.39. The molecule has 0 unspecified atom stereocenters. The first-order chi connectivity index (χ1) is 11.8.